The smallest absolute Gasteiger partial charge is 0.264 e. The standard InChI is InChI=1S/C12H14N4O2S2/c17-20(18,16-12-15-14-8-19-12)11-4-2-1-3-9(11)7-13-10-5-6-10/h1-4,8,10,13H,5-7H2,(H,15,16). The van der Waals surface area contributed by atoms with Gasteiger partial charge in [-0.2, -0.15) is 0 Å². The summed E-state index contributed by atoms with van der Waals surface area (Å²) in [7, 11) is -3.62. The number of nitrogens with one attached hydrogen (secondary N) is 2. The molecule has 106 valence electrons. The summed E-state index contributed by atoms with van der Waals surface area (Å²) in [5.74, 6) is 0. The van der Waals surface area contributed by atoms with E-state index in [1.165, 1.54) is 5.51 Å². The van der Waals surface area contributed by atoms with Crippen molar-refractivity contribution in [2.24, 2.45) is 0 Å². The van der Waals surface area contributed by atoms with E-state index in [4.69, 9.17) is 0 Å². The number of sulfonamides is 1. The van der Waals surface area contributed by atoms with E-state index in [2.05, 4.69) is 20.2 Å². The number of hydrogen-bond acceptors (Lipinski definition) is 6. The molecule has 0 bridgehead atoms. The predicted molar refractivity (Wildman–Crippen MR) is 77.0 cm³/mol. The van der Waals surface area contributed by atoms with Gasteiger partial charge in [-0.3, -0.25) is 4.72 Å². The molecule has 8 heteroatoms. The molecule has 0 unspecified atom stereocenters. The highest BCUT2D eigenvalue weighted by atomic mass is 32.2. The Labute approximate surface area is 121 Å². The van der Waals surface area contributed by atoms with Gasteiger partial charge in [-0.1, -0.05) is 29.5 Å². The zero-order valence-corrected chi connectivity index (χ0v) is 12.2. The average molecular weight is 310 g/mol. The molecule has 1 aliphatic carbocycles. The SMILES string of the molecule is O=S(=O)(Nc1nncs1)c1ccccc1CNC1CC1. The van der Waals surface area contributed by atoms with E-state index in [0.29, 0.717) is 12.6 Å². The Balaban J connectivity index is 1.83. The van der Waals surface area contributed by atoms with Crippen molar-refractivity contribution in [2.45, 2.75) is 30.3 Å². The maximum atomic E-state index is 12.4. The second-order valence-corrected chi connectivity index (χ2v) is 7.10. The molecule has 0 saturated heterocycles. The summed E-state index contributed by atoms with van der Waals surface area (Å²) in [5, 5.41) is 10.9. The highest BCUT2D eigenvalue weighted by molar-refractivity contribution is 7.93. The van der Waals surface area contributed by atoms with Gasteiger partial charge in [-0.05, 0) is 24.5 Å². The normalized spacial score (nSPS) is 15.2. The van der Waals surface area contributed by atoms with Crippen molar-refractivity contribution in [3.8, 4) is 0 Å². The fourth-order valence-corrected chi connectivity index (χ4v) is 3.77. The number of rotatable bonds is 6. The lowest BCUT2D eigenvalue weighted by atomic mass is 10.2. The van der Waals surface area contributed by atoms with Crippen LogP contribution in [-0.4, -0.2) is 24.7 Å². The minimum Gasteiger partial charge on any atom is -0.310 e. The van der Waals surface area contributed by atoms with Gasteiger partial charge in [0.2, 0.25) is 5.13 Å². The molecule has 1 fully saturated rings. The van der Waals surface area contributed by atoms with Crippen LogP contribution in [0.15, 0.2) is 34.7 Å². The van der Waals surface area contributed by atoms with Crippen LogP contribution in [0.4, 0.5) is 5.13 Å². The molecule has 1 heterocycles. The second-order valence-electron chi connectivity index (χ2n) is 4.61. The molecular formula is C12H14N4O2S2. The first-order valence-corrected chi connectivity index (χ1v) is 8.62. The summed E-state index contributed by atoms with van der Waals surface area (Å²) < 4.78 is 27.2. The van der Waals surface area contributed by atoms with Gasteiger partial charge in [-0.15, -0.1) is 10.2 Å². The second kappa shape index (κ2) is 5.47. The van der Waals surface area contributed by atoms with Crippen molar-refractivity contribution in [1.82, 2.24) is 15.5 Å². The molecule has 1 aromatic heterocycles. The first-order valence-electron chi connectivity index (χ1n) is 6.25. The molecular weight excluding hydrogens is 296 g/mol. The fraction of sp³-hybridized carbons (Fsp3) is 0.333. The fourth-order valence-electron chi connectivity index (χ4n) is 1.84. The van der Waals surface area contributed by atoms with Gasteiger partial charge >= 0.3 is 0 Å². The quantitative estimate of drug-likeness (QED) is 0.846. The third kappa shape index (κ3) is 3.14. The van der Waals surface area contributed by atoms with E-state index in [0.717, 1.165) is 29.7 Å². The molecule has 1 aliphatic rings. The molecule has 0 aliphatic heterocycles. The monoisotopic (exact) mass is 310 g/mol. The van der Waals surface area contributed by atoms with Crippen LogP contribution in [0.25, 0.3) is 0 Å². The number of aromatic nitrogens is 2. The van der Waals surface area contributed by atoms with Crippen molar-refractivity contribution in [3.05, 3.63) is 35.3 Å². The topological polar surface area (TPSA) is 84.0 Å². The van der Waals surface area contributed by atoms with Crippen LogP contribution in [0.1, 0.15) is 18.4 Å². The molecule has 6 nitrogen and oxygen atoms in total. The average Bonchev–Trinajstić information content (AvgIpc) is 3.13. The lowest BCUT2D eigenvalue weighted by molar-refractivity contribution is 0.597. The Morgan fingerprint density at radius 2 is 2.10 bits per heavy atom. The van der Waals surface area contributed by atoms with Crippen molar-refractivity contribution in [3.63, 3.8) is 0 Å². The molecule has 0 spiro atoms. The van der Waals surface area contributed by atoms with Crippen LogP contribution in [0.2, 0.25) is 0 Å². The largest absolute Gasteiger partial charge is 0.310 e. The number of anilines is 1. The zero-order valence-electron chi connectivity index (χ0n) is 10.6. The zero-order chi connectivity index (χ0) is 14.0. The Morgan fingerprint density at radius 3 is 2.80 bits per heavy atom. The Morgan fingerprint density at radius 1 is 1.30 bits per heavy atom. The summed E-state index contributed by atoms with van der Waals surface area (Å²) in [4.78, 5) is 0.281. The van der Waals surface area contributed by atoms with Crippen molar-refractivity contribution < 1.29 is 8.42 Å². The van der Waals surface area contributed by atoms with Crippen LogP contribution < -0.4 is 10.0 Å². The van der Waals surface area contributed by atoms with E-state index in [1.807, 2.05) is 12.1 Å². The van der Waals surface area contributed by atoms with Crippen LogP contribution in [0.5, 0.6) is 0 Å². The molecule has 0 atom stereocenters. The number of nitrogens with zero attached hydrogens (tertiary/aromatic N) is 2. The molecule has 1 saturated carbocycles. The van der Waals surface area contributed by atoms with E-state index >= 15 is 0 Å². The van der Waals surface area contributed by atoms with Crippen molar-refractivity contribution in [2.75, 3.05) is 4.72 Å². The molecule has 0 radical (unpaired) electrons. The number of benzene rings is 1. The molecule has 2 N–H and O–H groups in total. The third-order valence-electron chi connectivity index (χ3n) is 3.00. The van der Waals surface area contributed by atoms with Gasteiger partial charge < -0.3 is 5.32 Å². The molecule has 20 heavy (non-hydrogen) atoms. The first-order chi connectivity index (χ1) is 9.65. The Hall–Kier alpha value is -1.51. The van der Waals surface area contributed by atoms with Crippen LogP contribution in [0, 0.1) is 0 Å². The number of hydrogen-bond donors (Lipinski definition) is 2. The van der Waals surface area contributed by atoms with Crippen molar-refractivity contribution in [1.29, 1.82) is 0 Å². The van der Waals surface area contributed by atoms with Gasteiger partial charge in [0, 0.05) is 12.6 Å². The van der Waals surface area contributed by atoms with Gasteiger partial charge in [-0.25, -0.2) is 8.42 Å². The van der Waals surface area contributed by atoms with Crippen molar-refractivity contribution >= 4 is 26.5 Å². The highest BCUT2D eigenvalue weighted by Gasteiger charge is 2.23. The van der Waals surface area contributed by atoms with E-state index in [9.17, 15) is 8.42 Å². The minimum atomic E-state index is -3.62. The van der Waals surface area contributed by atoms with E-state index < -0.39 is 10.0 Å². The Bertz CT molecular complexity index is 681. The maximum absolute atomic E-state index is 12.4. The van der Waals surface area contributed by atoms with Gasteiger partial charge in [0.15, 0.2) is 0 Å². The molecule has 1 aromatic carbocycles. The Kier molecular flexibility index (Phi) is 3.68. The molecule has 2 aromatic rings. The van der Waals surface area contributed by atoms with E-state index in [-0.39, 0.29) is 10.0 Å². The van der Waals surface area contributed by atoms with Gasteiger partial charge in [0.1, 0.15) is 5.51 Å². The van der Waals surface area contributed by atoms with Gasteiger partial charge in [0.05, 0.1) is 4.90 Å². The summed E-state index contributed by atoms with van der Waals surface area (Å²) in [5.41, 5.74) is 2.25. The summed E-state index contributed by atoms with van der Waals surface area (Å²) in [6, 6.07) is 7.52. The highest BCUT2D eigenvalue weighted by Crippen LogP contribution is 2.23. The van der Waals surface area contributed by atoms with Crippen LogP contribution >= 0.6 is 11.3 Å². The predicted octanol–water partition coefficient (Wildman–Crippen LogP) is 1.59. The molecule has 3 rings (SSSR count). The molecule has 0 amide bonds. The lowest BCUT2D eigenvalue weighted by Crippen LogP contribution is -2.20. The van der Waals surface area contributed by atoms with Crippen LogP contribution in [0.3, 0.4) is 0 Å². The summed E-state index contributed by atoms with van der Waals surface area (Å²) in [6.07, 6.45) is 2.33. The van der Waals surface area contributed by atoms with Gasteiger partial charge in [0.25, 0.3) is 10.0 Å². The lowest BCUT2D eigenvalue weighted by Gasteiger charge is -2.11. The summed E-state index contributed by atoms with van der Waals surface area (Å²) >= 11 is 1.15. The maximum Gasteiger partial charge on any atom is 0.264 e. The third-order valence-corrected chi connectivity index (χ3v) is 5.18. The minimum absolute atomic E-state index is 0.273. The van der Waals surface area contributed by atoms with E-state index in [1.54, 1.807) is 12.1 Å². The first kappa shape index (κ1) is 13.5. The summed E-state index contributed by atoms with van der Waals surface area (Å²) in [6.45, 7) is 0.553. The van der Waals surface area contributed by atoms with Crippen LogP contribution in [-0.2, 0) is 16.6 Å².